The third-order valence-electron chi connectivity index (χ3n) is 0.847. The summed E-state index contributed by atoms with van der Waals surface area (Å²) >= 11 is 0. The first-order valence-corrected chi connectivity index (χ1v) is 2.29. The van der Waals surface area contributed by atoms with E-state index in [2.05, 4.69) is 6.58 Å². The van der Waals surface area contributed by atoms with E-state index in [0.717, 1.165) is 0 Å². The molecule has 0 saturated heterocycles. The minimum absolute atomic E-state index is 0.243. The highest BCUT2D eigenvalue weighted by molar-refractivity contribution is 5.00. The van der Waals surface area contributed by atoms with Crippen molar-refractivity contribution in [2.24, 2.45) is 0 Å². The van der Waals surface area contributed by atoms with Gasteiger partial charge in [0.05, 0.1) is 19.3 Å². The minimum Gasteiger partial charge on any atom is -0.393 e. The SMILES string of the molecule is C=C(CO)C(O)CO. The highest BCUT2D eigenvalue weighted by atomic mass is 16.3. The van der Waals surface area contributed by atoms with Crippen LogP contribution in [0.3, 0.4) is 0 Å². The van der Waals surface area contributed by atoms with Gasteiger partial charge in [-0.3, -0.25) is 0 Å². The lowest BCUT2D eigenvalue weighted by atomic mass is 10.2. The van der Waals surface area contributed by atoms with E-state index in [-0.39, 0.29) is 18.8 Å². The maximum absolute atomic E-state index is 8.62. The van der Waals surface area contributed by atoms with Gasteiger partial charge >= 0.3 is 0 Å². The van der Waals surface area contributed by atoms with Crippen LogP contribution in [0, 0.1) is 0 Å². The molecule has 3 heteroatoms. The van der Waals surface area contributed by atoms with Gasteiger partial charge in [-0.1, -0.05) is 6.58 Å². The number of rotatable bonds is 3. The number of hydrogen-bond acceptors (Lipinski definition) is 3. The highest BCUT2D eigenvalue weighted by Crippen LogP contribution is 1.94. The smallest absolute Gasteiger partial charge is 0.1000 e. The van der Waals surface area contributed by atoms with Gasteiger partial charge in [0, 0.05) is 0 Å². The molecule has 0 amide bonds. The predicted molar refractivity (Wildman–Crippen MR) is 29.3 cm³/mol. The summed E-state index contributed by atoms with van der Waals surface area (Å²) < 4.78 is 0. The van der Waals surface area contributed by atoms with E-state index in [1.807, 2.05) is 0 Å². The molecule has 3 N–H and O–H groups in total. The van der Waals surface area contributed by atoms with Gasteiger partial charge in [-0.15, -0.1) is 0 Å². The molecule has 0 aromatic rings. The maximum Gasteiger partial charge on any atom is 0.1000 e. The molecule has 0 aromatic heterocycles. The molecule has 1 unspecified atom stereocenters. The lowest BCUT2D eigenvalue weighted by Gasteiger charge is -2.05. The molecule has 0 aliphatic carbocycles. The lowest BCUT2D eigenvalue weighted by Crippen LogP contribution is -2.16. The fraction of sp³-hybridized carbons (Fsp3) is 0.600. The second-order valence-electron chi connectivity index (χ2n) is 1.51. The van der Waals surface area contributed by atoms with Crippen molar-refractivity contribution in [1.29, 1.82) is 0 Å². The van der Waals surface area contributed by atoms with Crippen LogP contribution in [0.4, 0.5) is 0 Å². The first-order valence-electron chi connectivity index (χ1n) is 2.29. The molecule has 0 spiro atoms. The number of hydrogen-bond donors (Lipinski definition) is 3. The maximum atomic E-state index is 8.62. The van der Waals surface area contributed by atoms with Crippen LogP contribution in [0.1, 0.15) is 0 Å². The van der Waals surface area contributed by atoms with E-state index in [1.165, 1.54) is 0 Å². The predicted octanol–water partition coefficient (Wildman–Crippen LogP) is -1.11. The van der Waals surface area contributed by atoms with Crippen molar-refractivity contribution >= 4 is 0 Å². The van der Waals surface area contributed by atoms with E-state index in [1.54, 1.807) is 0 Å². The third-order valence-corrected chi connectivity index (χ3v) is 0.847. The summed E-state index contributed by atoms with van der Waals surface area (Å²) in [5.41, 5.74) is 0.243. The Morgan fingerprint density at radius 3 is 2.12 bits per heavy atom. The number of aliphatic hydroxyl groups is 3. The van der Waals surface area contributed by atoms with E-state index < -0.39 is 6.10 Å². The molecule has 0 bridgehead atoms. The van der Waals surface area contributed by atoms with Gasteiger partial charge in [-0.25, -0.2) is 0 Å². The van der Waals surface area contributed by atoms with Crippen LogP contribution < -0.4 is 0 Å². The summed E-state index contributed by atoms with van der Waals surface area (Å²) in [6, 6.07) is 0. The molecule has 3 nitrogen and oxygen atoms in total. The zero-order valence-corrected chi connectivity index (χ0v) is 4.54. The Bertz CT molecular complexity index is 79.7. The van der Waals surface area contributed by atoms with Crippen molar-refractivity contribution < 1.29 is 15.3 Å². The van der Waals surface area contributed by atoms with Crippen LogP contribution in [0.25, 0.3) is 0 Å². The molecule has 0 aliphatic rings. The molecular formula is C5H10O3. The largest absolute Gasteiger partial charge is 0.393 e. The topological polar surface area (TPSA) is 60.7 Å². The van der Waals surface area contributed by atoms with Crippen LogP contribution in [0.15, 0.2) is 12.2 Å². The Morgan fingerprint density at radius 1 is 1.50 bits per heavy atom. The van der Waals surface area contributed by atoms with Crippen molar-refractivity contribution in [2.45, 2.75) is 6.10 Å². The van der Waals surface area contributed by atoms with E-state index in [4.69, 9.17) is 15.3 Å². The Labute approximate surface area is 47.9 Å². The Balaban J connectivity index is 3.46. The zero-order valence-electron chi connectivity index (χ0n) is 4.54. The fourth-order valence-corrected chi connectivity index (χ4v) is 0.234. The quantitative estimate of drug-likeness (QED) is 0.412. The summed E-state index contributed by atoms with van der Waals surface area (Å²) in [6.07, 6.45) is -0.972. The lowest BCUT2D eigenvalue weighted by molar-refractivity contribution is 0.112. The van der Waals surface area contributed by atoms with E-state index in [9.17, 15) is 0 Å². The molecule has 0 radical (unpaired) electrons. The normalized spacial score (nSPS) is 13.4. The van der Waals surface area contributed by atoms with Crippen LogP contribution in [-0.2, 0) is 0 Å². The first-order chi connectivity index (χ1) is 3.72. The second kappa shape index (κ2) is 3.60. The van der Waals surface area contributed by atoms with Crippen molar-refractivity contribution in [2.75, 3.05) is 13.2 Å². The monoisotopic (exact) mass is 118 g/mol. The van der Waals surface area contributed by atoms with Gasteiger partial charge < -0.3 is 15.3 Å². The molecule has 1 atom stereocenters. The van der Waals surface area contributed by atoms with Gasteiger partial charge in [0.2, 0.25) is 0 Å². The van der Waals surface area contributed by atoms with Gasteiger partial charge in [0.25, 0.3) is 0 Å². The van der Waals surface area contributed by atoms with Crippen LogP contribution in [0.2, 0.25) is 0 Å². The molecule has 0 aromatic carbocycles. The summed E-state index contributed by atoms with van der Waals surface area (Å²) in [6.45, 7) is 2.63. The van der Waals surface area contributed by atoms with Crippen LogP contribution in [-0.4, -0.2) is 34.6 Å². The Kier molecular flexibility index (Phi) is 3.43. The van der Waals surface area contributed by atoms with E-state index in [0.29, 0.717) is 0 Å². The average Bonchev–Trinajstić information content (AvgIpc) is 1.84. The summed E-state index contributed by atoms with van der Waals surface area (Å²) in [5.74, 6) is 0. The summed E-state index contributed by atoms with van der Waals surface area (Å²) in [4.78, 5) is 0. The van der Waals surface area contributed by atoms with Crippen LogP contribution in [0.5, 0.6) is 0 Å². The zero-order chi connectivity index (χ0) is 6.57. The molecule has 0 rings (SSSR count). The fourth-order valence-electron chi connectivity index (χ4n) is 0.234. The van der Waals surface area contributed by atoms with Gasteiger partial charge in [0.15, 0.2) is 0 Å². The molecular weight excluding hydrogens is 108 g/mol. The summed E-state index contributed by atoms with van der Waals surface area (Å²) in [5, 5.41) is 25.1. The van der Waals surface area contributed by atoms with Crippen molar-refractivity contribution in [3.8, 4) is 0 Å². The van der Waals surface area contributed by atoms with Crippen LogP contribution >= 0.6 is 0 Å². The third kappa shape index (κ3) is 2.07. The van der Waals surface area contributed by atoms with Gasteiger partial charge in [-0.2, -0.15) is 0 Å². The highest BCUT2D eigenvalue weighted by Gasteiger charge is 2.03. The summed E-state index contributed by atoms with van der Waals surface area (Å²) in [7, 11) is 0. The number of aliphatic hydroxyl groups excluding tert-OH is 3. The standard InChI is InChI=1S/C5H10O3/c1-4(2-6)5(8)3-7/h5-8H,1-3H2. The molecule has 0 fully saturated rings. The molecule has 48 valence electrons. The van der Waals surface area contributed by atoms with Crippen molar-refractivity contribution in [3.05, 3.63) is 12.2 Å². The second-order valence-corrected chi connectivity index (χ2v) is 1.51. The average molecular weight is 118 g/mol. The molecule has 0 saturated carbocycles. The van der Waals surface area contributed by atoms with Crippen molar-refractivity contribution in [1.82, 2.24) is 0 Å². The molecule has 8 heavy (non-hydrogen) atoms. The Morgan fingerprint density at radius 2 is 2.00 bits per heavy atom. The van der Waals surface area contributed by atoms with E-state index >= 15 is 0 Å². The minimum atomic E-state index is -0.972. The Hall–Kier alpha value is -0.380. The van der Waals surface area contributed by atoms with Crippen molar-refractivity contribution in [3.63, 3.8) is 0 Å². The molecule has 0 heterocycles. The first kappa shape index (κ1) is 7.62. The van der Waals surface area contributed by atoms with Gasteiger partial charge in [-0.05, 0) is 5.57 Å². The molecule has 0 aliphatic heterocycles. The van der Waals surface area contributed by atoms with Gasteiger partial charge in [0.1, 0.15) is 0 Å².